The highest BCUT2D eigenvalue weighted by atomic mass is 16.5. The summed E-state index contributed by atoms with van der Waals surface area (Å²) in [5, 5.41) is 3.36. The molecule has 1 rings (SSSR count). The molecule has 1 aromatic rings. The van der Waals surface area contributed by atoms with Gasteiger partial charge in [0, 0.05) is 6.54 Å². The second-order valence-electron chi connectivity index (χ2n) is 5.25. The molecular formula is C17H29NO. The van der Waals surface area contributed by atoms with E-state index in [0.29, 0.717) is 0 Å². The molecule has 0 amide bonds. The zero-order chi connectivity index (χ0) is 14.1. The van der Waals surface area contributed by atoms with Crippen LogP contribution in [0.2, 0.25) is 0 Å². The molecule has 0 spiro atoms. The molecule has 0 saturated heterocycles. The molecule has 0 saturated carbocycles. The minimum Gasteiger partial charge on any atom is -0.493 e. The fourth-order valence-electron chi connectivity index (χ4n) is 2.34. The Hall–Kier alpha value is -1.02. The smallest absolute Gasteiger partial charge is 0.125 e. The number of benzene rings is 1. The fourth-order valence-corrected chi connectivity index (χ4v) is 2.34. The predicted octanol–water partition coefficient (Wildman–Crippen LogP) is 4.37. The van der Waals surface area contributed by atoms with E-state index < -0.39 is 0 Å². The van der Waals surface area contributed by atoms with Crippen LogP contribution in [0.15, 0.2) is 12.1 Å². The second kappa shape index (κ2) is 8.98. The molecule has 19 heavy (non-hydrogen) atoms. The van der Waals surface area contributed by atoms with E-state index in [1.807, 2.05) is 0 Å². The van der Waals surface area contributed by atoms with E-state index in [2.05, 4.69) is 45.1 Å². The second-order valence-corrected chi connectivity index (χ2v) is 5.25. The number of unbranched alkanes of at least 4 members (excludes halogenated alkanes) is 3. The van der Waals surface area contributed by atoms with Crippen LogP contribution < -0.4 is 10.1 Å². The van der Waals surface area contributed by atoms with E-state index in [1.54, 1.807) is 0 Å². The lowest BCUT2D eigenvalue weighted by Crippen LogP contribution is -2.12. The summed E-state index contributed by atoms with van der Waals surface area (Å²) in [6.45, 7) is 11.4. The van der Waals surface area contributed by atoms with E-state index in [4.69, 9.17) is 4.74 Å². The van der Waals surface area contributed by atoms with Gasteiger partial charge in [0.05, 0.1) is 6.61 Å². The van der Waals surface area contributed by atoms with Gasteiger partial charge in [0.15, 0.2) is 0 Å². The first-order valence-corrected chi connectivity index (χ1v) is 7.62. The maximum Gasteiger partial charge on any atom is 0.125 e. The van der Waals surface area contributed by atoms with Crippen molar-refractivity contribution in [1.82, 2.24) is 5.32 Å². The third kappa shape index (κ3) is 5.65. The average Bonchev–Trinajstić information content (AvgIpc) is 2.38. The van der Waals surface area contributed by atoms with E-state index in [0.717, 1.165) is 31.9 Å². The van der Waals surface area contributed by atoms with E-state index in [-0.39, 0.29) is 0 Å². The first-order valence-electron chi connectivity index (χ1n) is 7.62. The van der Waals surface area contributed by atoms with Crippen molar-refractivity contribution in [2.75, 3.05) is 13.2 Å². The highest BCUT2D eigenvalue weighted by Gasteiger charge is 2.06. The van der Waals surface area contributed by atoms with Gasteiger partial charge in [-0.3, -0.25) is 0 Å². The zero-order valence-corrected chi connectivity index (χ0v) is 13.0. The van der Waals surface area contributed by atoms with Crippen molar-refractivity contribution >= 4 is 0 Å². The number of aryl methyl sites for hydroxylation is 2. The van der Waals surface area contributed by atoms with Gasteiger partial charge in [-0.1, -0.05) is 45.2 Å². The Balaban J connectivity index is 2.53. The van der Waals surface area contributed by atoms with Crippen LogP contribution in [0.1, 0.15) is 56.2 Å². The standard InChI is InChI=1S/C17H29NO/c1-5-7-8-9-10-19-17-14(3)11-16(12-15(17)4)13-18-6-2/h11-12,18H,5-10,13H2,1-4H3. The van der Waals surface area contributed by atoms with Crippen molar-refractivity contribution in [1.29, 1.82) is 0 Å². The van der Waals surface area contributed by atoms with Gasteiger partial charge in [-0.05, 0) is 43.5 Å². The van der Waals surface area contributed by atoms with Crippen molar-refractivity contribution in [2.45, 2.75) is 59.9 Å². The monoisotopic (exact) mass is 263 g/mol. The summed E-state index contributed by atoms with van der Waals surface area (Å²) in [5.41, 5.74) is 3.85. The molecule has 0 unspecified atom stereocenters. The molecule has 0 radical (unpaired) electrons. The first-order chi connectivity index (χ1) is 9.19. The highest BCUT2D eigenvalue weighted by molar-refractivity contribution is 5.43. The van der Waals surface area contributed by atoms with Crippen LogP contribution in [-0.4, -0.2) is 13.2 Å². The summed E-state index contributed by atoms with van der Waals surface area (Å²) in [7, 11) is 0. The zero-order valence-electron chi connectivity index (χ0n) is 13.0. The fraction of sp³-hybridized carbons (Fsp3) is 0.647. The molecule has 0 bridgehead atoms. The molecule has 2 nitrogen and oxygen atoms in total. The number of hydrogen-bond acceptors (Lipinski definition) is 2. The largest absolute Gasteiger partial charge is 0.493 e. The number of ether oxygens (including phenoxy) is 1. The van der Waals surface area contributed by atoms with Crippen LogP contribution in [0.5, 0.6) is 5.75 Å². The molecule has 1 N–H and O–H groups in total. The third-order valence-electron chi connectivity index (χ3n) is 3.34. The molecule has 0 atom stereocenters. The lowest BCUT2D eigenvalue weighted by Gasteiger charge is -2.14. The van der Waals surface area contributed by atoms with Crippen molar-refractivity contribution in [3.05, 3.63) is 28.8 Å². The molecule has 1 aromatic carbocycles. The topological polar surface area (TPSA) is 21.3 Å². The van der Waals surface area contributed by atoms with Gasteiger partial charge >= 0.3 is 0 Å². The highest BCUT2D eigenvalue weighted by Crippen LogP contribution is 2.25. The third-order valence-corrected chi connectivity index (χ3v) is 3.34. The minimum atomic E-state index is 0.842. The SMILES string of the molecule is CCCCCCOc1c(C)cc(CNCC)cc1C. The quantitative estimate of drug-likeness (QED) is 0.668. The summed E-state index contributed by atoms with van der Waals surface area (Å²) in [6, 6.07) is 4.47. The van der Waals surface area contributed by atoms with Crippen LogP contribution in [0.4, 0.5) is 0 Å². The van der Waals surface area contributed by atoms with Gasteiger partial charge in [-0.15, -0.1) is 0 Å². The molecule has 0 aliphatic heterocycles. The molecule has 0 aliphatic carbocycles. The minimum absolute atomic E-state index is 0.842. The van der Waals surface area contributed by atoms with Crippen molar-refractivity contribution < 1.29 is 4.74 Å². The van der Waals surface area contributed by atoms with E-state index in [9.17, 15) is 0 Å². The van der Waals surface area contributed by atoms with Crippen LogP contribution in [0.25, 0.3) is 0 Å². The lowest BCUT2D eigenvalue weighted by molar-refractivity contribution is 0.301. The molecular weight excluding hydrogens is 234 g/mol. The molecule has 0 aliphatic rings. The van der Waals surface area contributed by atoms with Gasteiger partial charge in [0.25, 0.3) is 0 Å². The van der Waals surface area contributed by atoms with Crippen molar-refractivity contribution in [2.24, 2.45) is 0 Å². The molecule has 0 heterocycles. The van der Waals surface area contributed by atoms with E-state index in [1.165, 1.54) is 36.0 Å². The van der Waals surface area contributed by atoms with Gasteiger partial charge in [0.2, 0.25) is 0 Å². The number of nitrogens with one attached hydrogen (secondary N) is 1. The summed E-state index contributed by atoms with van der Waals surface area (Å²) in [4.78, 5) is 0. The Labute approximate surface area is 118 Å². The van der Waals surface area contributed by atoms with Crippen LogP contribution >= 0.6 is 0 Å². The summed E-state index contributed by atoms with van der Waals surface area (Å²) in [6.07, 6.45) is 5.01. The molecule has 2 heteroatoms. The van der Waals surface area contributed by atoms with Gasteiger partial charge in [-0.25, -0.2) is 0 Å². The predicted molar refractivity (Wildman–Crippen MR) is 82.9 cm³/mol. The molecule has 0 fully saturated rings. The number of rotatable bonds is 9. The van der Waals surface area contributed by atoms with Crippen LogP contribution in [0, 0.1) is 13.8 Å². The molecule has 108 valence electrons. The van der Waals surface area contributed by atoms with Gasteiger partial charge < -0.3 is 10.1 Å². The normalized spacial score (nSPS) is 10.7. The van der Waals surface area contributed by atoms with Crippen molar-refractivity contribution in [3.63, 3.8) is 0 Å². The maximum atomic E-state index is 5.95. The van der Waals surface area contributed by atoms with Gasteiger partial charge in [-0.2, -0.15) is 0 Å². The first kappa shape index (κ1) is 16.0. The number of hydrogen-bond donors (Lipinski definition) is 1. The Kier molecular flexibility index (Phi) is 7.57. The van der Waals surface area contributed by atoms with Gasteiger partial charge in [0.1, 0.15) is 5.75 Å². The van der Waals surface area contributed by atoms with E-state index >= 15 is 0 Å². The van der Waals surface area contributed by atoms with Crippen LogP contribution in [0.3, 0.4) is 0 Å². The Morgan fingerprint density at radius 3 is 2.26 bits per heavy atom. The Bertz CT molecular complexity index is 351. The summed E-state index contributed by atoms with van der Waals surface area (Å²) in [5.74, 6) is 1.08. The maximum absolute atomic E-state index is 5.95. The molecule has 0 aromatic heterocycles. The lowest BCUT2D eigenvalue weighted by atomic mass is 10.1. The summed E-state index contributed by atoms with van der Waals surface area (Å²) >= 11 is 0. The Morgan fingerprint density at radius 2 is 1.68 bits per heavy atom. The average molecular weight is 263 g/mol. The van der Waals surface area contributed by atoms with Crippen molar-refractivity contribution in [3.8, 4) is 5.75 Å². The Morgan fingerprint density at radius 1 is 1.00 bits per heavy atom. The summed E-state index contributed by atoms with van der Waals surface area (Å²) < 4.78 is 5.95. The van der Waals surface area contributed by atoms with Crippen LogP contribution in [-0.2, 0) is 6.54 Å².